The van der Waals surface area contributed by atoms with Crippen LogP contribution in [0.5, 0.6) is 0 Å². The summed E-state index contributed by atoms with van der Waals surface area (Å²) in [5, 5.41) is 8.39. The normalized spacial score (nSPS) is 10.4. The fourth-order valence-corrected chi connectivity index (χ4v) is 10.3. The smallest absolute Gasteiger partial charge is 0 e. The van der Waals surface area contributed by atoms with Gasteiger partial charge in [0.25, 0.3) is 0 Å². The maximum Gasteiger partial charge on any atom is 0 e. The molecule has 0 fully saturated rings. The van der Waals surface area contributed by atoms with Crippen LogP contribution in [-0.4, -0.2) is 0 Å². The van der Waals surface area contributed by atoms with Crippen LogP contribution in [0.1, 0.15) is 11.1 Å². The van der Waals surface area contributed by atoms with Gasteiger partial charge in [-0.1, -0.05) is 255 Å². The van der Waals surface area contributed by atoms with E-state index in [0.29, 0.717) is 0 Å². The first-order valence-corrected chi connectivity index (χ1v) is 20.2. The van der Waals surface area contributed by atoms with Crippen molar-refractivity contribution in [3.63, 3.8) is 0 Å². The van der Waals surface area contributed by atoms with Gasteiger partial charge in [0.2, 0.25) is 0 Å². The molecule has 8 aromatic carbocycles. The van der Waals surface area contributed by atoms with Crippen molar-refractivity contribution < 1.29 is 16.5 Å². The van der Waals surface area contributed by atoms with Gasteiger partial charge in [0.15, 0.2) is 0 Å². The van der Waals surface area contributed by atoms with Crippen molar-refractivity contribution in [2.24, 2.45) is 0 Å². The zero-order chi connectivity index (χ0) is 35.5. The molecule has 0 N–H and O–H groups in total. The standard InChI is InChI=1S/2C18H15P.C14H12.Ni/c2*1-4-10-16(11-5-1)19(17-12-6-2-7-13-17)18-14-8-3-9-15-18;1-3-7-13(8-4-1)11-12-14-9-5-2-6-10-14;/h2*1-15H;1-12H;. The van der Waals surface area contributed by atoms with Gasteiger partial charge < -0.3 is 0 Å². The summed E-state index contributed by atoms with van der Waals surface area (Å²) in [6.45, 7) is 0. The van der Waals surface area contributed by atoms with Gasteiger partial charge in [-0.15, -0.1) is 0 Å². The van der Waals surface area contributed by atoms with E-state index in [2.05, 4.69) is 218 Å². The summed E-state index contributed by atoms with van der Waals surface area (Å²) in [6.07, 6.45) is 4.24. The molecule has 0 aromatic heterocycles. The molecule has 262 valence electrons. The van der Waals surface area contributed by atoms with Gasteiger partial charge in [-0.25, -0.2) is 0 Å². The Balaban J connectivity index is 0.000000154. The Morgan fingerprint density at radius 3 is 0.528 bits per heavy atom. The van der Waals surface area contributed by atoms with Gasteiger partial charge in [-0.05, 0) is 58.8 Å². The summed E-state index contributed by atoms with van der Waals surface area (Å²) in [5.41, 5.74) is 2.47. The van der Waals surface area contributed by atoms with E-state index >= 15 is 0 Å². The van der Waals surface area contributed by atoms with Gasteiger partial charge in [0.1, 0.15) is 0 Å². The Morgan fingerprint density at radius 2 is 0.358 bits per heavy atom. The van der Waals surface area contributed by atoms with Crippen molar-refractivity contribution in [1.82, 2.24) is 0 Å². The molecule has 0 aliphatic rings. The SMILES string of the molecule is C(=Cc1ccccc1)c1ccccc1.[Ni].c1ccc(P(c2ccccc2)c2ccccc2)cc1.c1ccc(P(c2ccccc2)c2ccccc2)cc1. The monoisotopic (exact) mass is 762 g/mol. The zero-order valence-corrected chi connectivity index (χ0v) is 32.2. The van der Waals surface area contributed by atoms with Crippen LogP contribution in [0.25, 0.3) is 12.2 Å². The third-order valence-electron chi connectivity index (χ3n) is 8.15. The van der Waals surface area contributed by atoms with E-state index in [1.807, 2.05) is 36.4 Å². The van der Waals surface area contributed by atoms with Gasteiger partial charge in [-0.3, -0.25) is 0 Å². The average molecular weight is 764 g/mol. The molecular weight excluding hydrogens is 721 g/mol. The quantitative estimate of drug-likeness (QED) is 0.0822. The van der Waals surface area contributed by atoms with Crippen LogP contribution in [0.3, 0.4) is 0 Å². The summed E-state index contributed by atoms with van der Waals surface area (Å²) in [5.74, 6) is 0. The molecule has 0 unspecified atom stereocenters. The van der Waals surface area contributed by atoms with E-state index in [4.69, 9.17) is 0 Å². The molecule has 3 heteroatoms. The Bertz CT molecular complexity index is 1800. The molecule has 0 spiro atoms. The van der Waals surface area contributed by atoms with Crippen LogP contribution in [0, 0.1) is 0 Å². The zero-order valence-electron chi connectivity index (χ0n) is 29.5. The second kappa shape index (κ2) is 22.0. The maximum absolute atomic E-state index is 2.23. The predicted octanol–water partition coefficient (Wildman–Crippen LogP) is 10.7. The summed E-state index contributed by atoms with van der Waals surface area (Å²) < 4.78 is 0. The van der Waals surface area contributed by atoms with Gasteiger partial charge in [-0.2, -0.15) is 0 Å². The number of hydrogen-bond acceptors (Lipinski definition) is 0. The van der Waals surface area contributed by atoms with Crippen LogP contribution in [0.4, 0.5) is 0 Å². The maximum atomic E-state index is 2.23. The molecule has 0 aliphatic heterocycles. The van der Waals surface area contributed by atoms with E-state index in [1.165, 1.54) is 43.0 Å². The second-order valence-electron chi connectivity index (χ2n) is 11.8. The van der Waals surface area contributed by atoms with Crippen molar-refractivity contribution in [2.45, 2.75) is 0 Å². The third-order valence-corrected chi connectivity index (χ3v) is 13.0. The van der Waals surface area contributed by atoms with E-state index in [-0.39, 0.29) is 16.5 Å². The molecule has 53 heavy (non-hydrogen) atoms. The Kier molecular flexibility index (Phi) is 16.2. The summed E-state index contributed by atoms with van der Waals surface area (Å²) in [7, 11) is -0.892. The van der Waals surface area contributed by atoms with Crippen LogP contribution in [0.15, 0.2) is 243 Å². The molecule has 0 radical (unpaired) electrons. The van der Waals surface area contributed by atoms with Crippen LogP contribution < -0.4 is 31.8 Å². The molecule has 0 bridgehead atoms. The molecule has 0 aliphatic carbocycles. The Morgan fingerprint density at radius 1 is 0.208 bits per heavy atom. The van der Waals surface area contributed by atoms with E-state index in [9.17, 15) is 0 Å². The molecular formula is C50H42NiP2. The van der Waals surface area contributed by atoms with Crippen molar-refractivity contribution in [3.8, 4) is 0 Å². The number of hydrogen-bond donors (Lipinski definition) is 0. The second-order valence-corrected chi connectivity index (χ2v) is 16.3. The van der Waals surface area contributed by atoms with E-state index in [1.54, 1.807) is 0 Å². The minimum atomic E-state index is -0.446. The van der Waals surface area contributed by atoms with E-state index in [0.717, 1.165) is 0 Å². The number of rotatable bonds is 8. The minimum Gasteiger partial charge on any atom is -0.0622 e. The Hall–Kier alpha value is -5.15. The van der Waals surface area contributed by atoms with Crippen molar-refractivity contribution in [2.75, 3.05) is 0 Å². The first kappa shape index (κ1) is 39.1. The largest absolute Gasteiger partial charge is 0.0622 e. The first-order valence-electron chi connectivity index (χ1n) is 17.5. The molecule has 8 rings (SSSR count). The molecule has 0 atom stereocenters. The fraction of sp³-hybridized carbons (Fsp3) is 0. The van der Waals surface area contributed by atoms with Crippen molar-refractivity contribution >= 4 is 59.8 Å². The average Bonchev–Trinajstić information content (AvgIpc) is 3.24. The summed E-state index contributed by atoms with van der Waals surface area (Å²) >= 11 is 0. The van der Waals surface area contributed by atoms with Gasteiger partial charge >= 0.3 is 0 Å². The van der Waals surface area contributed by atoms with Crippen LogP contribution >= 0.6 is 15.8 Å². The van der Waals surface area contributed by atoms with Gasteiger partial charge in [0.05, 0.1) is 0 Å². The molecule has 0 saturated heterocycles. The molecule has 0 heterocycles. The summed E-state index contributed by atoms with van der Waals surface area (Å²) in [6, 6.07) is 85.3. The van der Waals surface area contributed by atoms with Crippen molar-refractivity contribution in [3.05, 3.63) is 254 Å². The first-order chi connectivity index (χ1) is 25.8. The molecule has 0 saturated carbocycles. The number of benzene rings is 8. The van der Waals surface area contributed by atoms with Crippen LogP contribution in [-0.2, 0) is 16.5 Å². The molecule has 8 aromatic rings. The minimum absolute atomic E-state index is 0. The van der Waals surface area contributed by atoms with E-state index < -0.39 is 15.8 Å². The predicted molar refractivity (Wildman–Crippen MR) is 232 cm³/mol. The van der Waals surface area contributed by atoms with Crippen LogP contribution in [0.2, 0.25) is 0 Å². The topological polar surface area (TPSA) is 0 Å². The third kappa shape index (κ3) is 12.2. The van der Waals surface area contributed by atoms with Crippen molar-refractivity contribution in [1.29, 1.82) is 0 Å². The molecule has 0 nitrogen and oxygen atoms in total. The fourth-order valence-electron chi connectivity index (χ4n) is 5.68. The van der Waals surface area contributed by atoms with Gasteiger partial charge in [0, 0.05) is 16.5 Å². The Labute approximate surface area is 328 Å². The summed E-state index contributed by atoms with van der Waals surface area (Å²) in [4.78, 5) is 0. The molecule has 0 amide bonds.